The van der Waals surface area contributed by atoms with Crippen LogP contribution in [0.2, 0.25) is 0 Å². The van der Waals surface area contributed by atoms with Gasteiger partial charge in [0.2, 0.25) is 0 Å². The molecule has 27 heavy (non-hydrogen) atoms. The van der Waals surface area contributed by atoms with Gasteiger partial charge in [-0.1, -0.05) is 12.1 Å². The molecule has 2 heterocycles. The summed E-state index contributed by atoms with van der Waals surface area (Å²) >= 11 is 0. The number of hydrogen-bond acceptors (Lipinski definition) is 5. The second-order valence-electron chi connectivity index (χ2n) is 6.79. The molecule has 3 rings (SSSR count). The second kappa shape index (κ2) is 9.48. The molecule has 2 aromatic rings. The van der Waals surface area contributed by atoms with Crippen LogP contribution in [0.4, 0.5) is 0 Å². The van der Waals surface area contributed by atoms with Crippen molar-refractivity contribution in [1.29, 1.82) is 0 Å². The predicted octanol–water partition coefficient (Wildman–Crippen LogP) is 2.27. The van der Waals surface area contributed by atoms with Crippen LogP contribution < -0.4 is 10.1 Å². The van der Waals surface area contributed by atoms with Gasteiger partial charge < -0.3 is 14.8 Å². The van der Waals surface area contributed by atoms with E-state index in [1.165, 1.54) is 5.56 Å². The summed E-state index contributed by atoms with van der Waals surface area (Å²) in [5, 5.41) is 3.00. The highest BCUT2D eigenvalue weighted by Crippen LogP contribution is 2.20. The van der Waals surface area contributed by atoms with Crippen molar-refractivity contribution in [2.75, 3.05) is 39.5 Å². The van der Waals surface area contributed by atoms with E-state index in [4.69, 9.17) is 9.47 Å². The lowest BCUT2D eigenvalue weighted by molar-refractivity contribution is -0.123. The van der Waals surface area contributed by atoms with E-state index in [1.807, 2.05) is 43.5 Å². The summed E-state index contributed by atoms with van der Waals surface area (Å²) in [5.41, 5.74) is 3.45. The van der Waals surface area contributed by atoms with E-state index < -0.39 is 0 Å². The molecule has 1 amide bonds. The first-order valence-corrected chi connectivity index (χ1v) is 9.32. The Morgan fingerprint density at radius 3 is 2.78 bits per heavy atom. The van der Waals surface area contributed by atoms with Crippen molar-refractivity contribution in [3.8, 4) is 5.75 Å². The van der Waals surface area contributed by atoms with E-state index in [1.54, 1.807) is 6.20 Å². The number of aromatic nitrogens is 1. The zero-order chi connectivity index (χ0) is 19.1. The maximum Gasteiger partial charge on any atom is 0.258 e. The number of benzene rings is 1. The van der Waals surface area contributed by atoms with E-state index in [-0.39, 0.29) is 18.6 Å². The first kappa shape index (κ1) is 19.3. The number of carbonyl (C=O) groups excluding carboxylic acids is 1. The number of hydrogen-bond donors (Lipinski definition) is 1. The van der Waals surface area contributed by atoms with Crippen LogP contribution in [-0.2, 0) is 9.53 Å². The van der Waals surface area contributed by atoms with Crippen LogP contribution in [0.15, 0.2) is 42.7 Å². The maximum absolute atomic E-state index is 12.3. The minimum absolute atomic E-state index is 0.00533. The normalized spacial score (nSPS) is 15.9. The summed E-state index contributed by atoms with van der Waals surface area (Å²) in [6, 6.07) is 9.89. The molecular weight excluding hydrogens is 342 g/mol. The van der Waals surface area contributed by atoms with Crippen LogP contribution in [0, 0.1) is 13.8 Å². The molecule has 1 fully saturated rings. The smallest absolute Gasteiger partial charge is 0.258 e. The summed E-state index contributed by atoms with van der Waals surface area (Å²) in [4.78, 5) is 18.8. The molecule has 1 aliphatic heterocycles. The van der Waals surface area contributed by atoms with Gasteiger partial charge in [-0.15, -0.1) is 0 Å². The number of amides is 1. The Bertz CT molecular complexity index is 746. The average molecular weight is 369 g/mol. The number of pyridine rings is 1. The number of nitrogens with zero attached hydrogens (tertiary/aromatic N) is 2. The van der Waals surface area contributed by atoms with Gasteiger partial charge >= 0.3 is 0 Å². The van der Waals surface area contributed by atoms with Gasteiger partial charge in [0.25, 0.3) is 5.91 Å². The van der Waals surface area contributed by atoms with Crippen molar-refractivity contribution in [2.24, 2.45) is 0 Å². The van der Waals surface area contributed by atoms with Crippen molar-refractivity contribution in [3.05, 3.63) is 59.4 Å². The zero-order valence-corrected chi connectivity index (χ0v) is 16.0. The molecule has 0 spiro atoms. The van der Waals surface area contributed by atoms with E-state index in [0.717, 1.165) is 24.2 Å². The van der Waals surface area contributed by atoms with Crippen molar-refractivity contribution < 1.29 is 14.3 Å². The third kappa shape index (κ3) is 5.52. The standard InChI is InChI=1S/C21H27N3O3/c1-16-5-6-19(12-17(16)2)27-15-21(25)23-14-20(18-4-3-7-22-13-18)24-8-10-26-11-9-24/h3-7,12-13,20H,8-11,14-15H2,1-2H3,(H,23,25). The molecule has 1 saturated heterocycles. The van der Waals surface area contributed by atoms with E-state index in [2.05, 4.69) is 22.1 Å². The van der Waals surface area contributed by atoms with E-state index in [0.29, 0.717) is 25.5 Å². The quantitative estimate of drug-likeness (QED) is 0.811. The van der Waals surface area contributed by atoms with Crippen LogP contribution in [0.1, 0.15) is 22.7 Å². The summed E-state index contributed by atoms with van der Waals surface area (Å²) in [6.07, 6.45) is 3.62. The average Bonchev–Trinajstić information content (AvgIpc) is 2.71. The SMILES string of the molecule is Cc1ccc(OCC(=O)NCC(c2cccnc2)N2CCOCC2)cc1C. The van der Waals surface area contributed by atoms with E-state index in [9.17, 15) is 4.79 Å². The summed E-state index contributed by atoms with van der Waals surface area (Å²) in [5.74, 6) is 0.584. The summed E-state index contributed by atoms with van der Waals surface area (Å²) < 4.78 is 11.1. The molecule has 0 saturated carbocycles. The lowest BCUT2D eigenvalue weighted by Gasteiger charge is -2.34. The van der Waals surface area contributed by atoms with Gasteiger partial charge in [0.05, 0.1) is 19.3 Å². The van der Waals surface area contributed by atoms with Gasteiger partial charge in [0.1, 0.15) is 5.75 Å². The first-order chi connectivity index (χ1) is 13.1. The number of carbonyl (C=O) groups is 1. The topological polar surface area (TPSA) is 63.7 Å². The third-order valence-corrected chi connectivity index (χ3v) is 4.90. The third-order valence-electron chi connectivity index (χ3n) is 4.90. The van der Waals surface area contributed by atoms with Gasteiger partial charge in [0.15, 0.2) is 6.61 Å². The fourth-order valence-corrected chi connectivity index (χ4v) is 3.13. The fraction of sp³-hybridized carbons (Fsp3) is 0.429. The number of nitrogens with one attached hydrogen (secondary N) is 1. The van der Waals surface area contributed by atoms with Gasteiger partial charge in [-0.2, -0.15) is 0 Å². The largest absolute Gasteiger partial charge is 0.484 e. The van der Waals surface area contributed by atoms with Crippen LogP contribution in [0.5, 0.6) is 5.75 Å². The molecule has 0 aliphatic carbocycles. The Kier molecular flexibility index (Phi) is 6.79. The molecule has 6 heteroatoms. The van der Waals surface area contributed by atoms with Crippen molar-refractivity contribution >= 4 is 5.91 Å². The molecule has 0 radical (unpaired) electrons. The first-order valence-electron chi connectivity index (χ1n) is 9.32. The van der Waals surface area contributed by atoms with Crippen LogP contribution in [0.3, 0.4) is 0 Å². The Morgan fingerprint density at radius 2 is 2.07 bits per heavy atom. The highest BCUT2D eigenvalue weighted by Gasteiger charge is 2.23. The van der Waals surface area contributed by atoms with Crippen LogP contribution in [-0.4, -0.2) is 55.2 Å². The van der Waals surface area contributed by atoms with Crippen LogP contribution in [0.25, 0.3) is 0 Å². The number of ether oxygens (including phenoxy) is 2. The van der Waals surface area contributed by atoms with Gasteiger partial charge in [-0.3, -0.25) is 14.7 Å². The van der Waals surface area contributed by atoms with Crippen molar-refractivity contribution in [3.63, 3.8) is 0 Å². The number of aryl methyl sites for hydroxylation is 2. The Labute approximate surface area is 160 Å². The molecule has 1 N–H and O–H groups in total. The predicted molar refractivity (Wildman–Crippen MR) is 104 cm³/mol. The zero-order valence-electron chi connectivity index (χ0n) is 16.0. The molecule has 1 aliphatic rings. The van der Waals surface area contributed by atoms with E-state index >= 15 is 0 Å². The monoisotopic (exact) mass is 369 g/mol. The summed E-state index contributed by atoms with van der Waals surface area (Å²) in [6.45, 7) is 7.70. The molecule has 0 bridgehead atoms. The number of morpholine rings is 1. The molecule has 144 valence electrons. The van der Waals surface area contributed by atoms with Gasteiger partial charge in [-0.05, 0) is 48.7 Å². The summed E-state index contributed by atoms with van der Waals surface area (Å²) in [7, 11) is 0. The molecular formula is C21H27N3O3. The maximum atomic E-state index is 12.3. The Balaban J connectivity index is 1.55. The highest BCUT2D eigenvalue weighted by molar-refractivity contribution is 5.77. The second-order valence-corrected chi connectivity index (χ2v) is 6.79. The molecule has 6 nitrogen and oxygen atoms in total. The van der Waals surface area contributed by atoms with Crippen molar-refractivity contribution in [2.45, 2.75) is 19.9 Å². The van der Waals surface area contributed by atoms with Gasteiger partial charge in [0, 0.05) is 32.0 Å². The number of rotatable bonds is 7. The van der Waals surface area contributed by atoms with Gasteiger partial charge in [-0.25, -0.2) is 0 Å². The fourth-order valence-electron chi connectivity index (χ4n) is 3.13. The highest BCUT2D eigenvalue weighted by atomic mass is 16.5. The van der Waals surface area contributed by atoms with Crippen LogP contribution >= 0.6 is 0 Å². The molecule has 1 unspecified atom stereocenters. The minimum Gasteiger partial charge on any atom is -0.484 e. The lowest BCUT2D eigenvalue weighted by atomic mass is 10.1. The molecule has 1 aromatic carbocycles. The molecule has 1 atom stereocenters. The Morgan fingerprint density at radius 1 is 1.26 bits per heavy atom. The lowest BCUT2D eigenvalue weighted by Crippen LogP contribution is -2.44. The van der Waals surface area contributed by atoms with Crippen molar-refractivity contribution in [1.82, 2.24) is 15.2 Å². The molecule has 1 aromatic heterocycles. The minimum atomic E-state index is -0.129. The Hall–Kier alpha value is -2.44.